The molecule has 1 saturated carbocycles. The molecule has 0 bridgehead atoms. The zero-order valence-electron chi connectivity index (χ0n) is 20.0. The summed E-state index contributed by atoms with van der Waals surface area (Å²) in [7, 11) is 0. The number of H-pyrrole nitrogens is 2. The van der Waals surface area contributed by atoms with Gasteiger partial charge in [0.1, 0.15) is 11.6 Å². The lowest BCUT2D eigenvalue weighted by Gasteiger charge is -2.15. The van der Waals surface area contributed by atoms with E-state index in [1.807, 2.05) is 0 Å². The van der Waals surface area contributed by atoms with Crippen molar-refractivity contribution in [1.29, 1.82) is 0 Å². The number of aryl methyl sites for hydroxylation is 3. The number of aromatic amines is 2. The standard InChI is InChI=1S/C29H31N5/c1-3-4-5-27-32-24-13-10-21-15-19(8-11-22(21)29(24)34-27)6-7-20-9-12-23-26(16-20)33-28(31-23)17-30-25-14-18(25)2/h8-9,11-12,15-16,18,25,30H,3-5,10,13-14,17H2,1-2H3,(H,31,33)(H,32,34). The third-order valence-electron chi connectivity index (χ3n) is 7.12. The van der Waals surface area contributed by atoms with Gasteiger partial charge in [-0.1, -0.05) is 38.2 Å². The van der Waals surface area contributed by atoms with Crippen molar-refractivity contribution in [3.8, 4) is 23.1 Å². The summed E-state index contributed by atoms with van der Waals surface area (Å²) in [6.45, 7) is 5.29. The quantitative estimate of drug-likeness (QED) is 0.350. The van der Waals surface area contributed by atoms with Crippen molar-refractivity contribution in [2.75, 3.05) is 0 Å². The highest BCUT2D eigenvalue weighted by Gasteiger charge is 2.31. The lowest BCUT2D eigenvalue weighted by atomic mass is 9.91. The number of nitrogens with one attached hydrogen (secondary N) is 3. The van der Waals surface area contributed by atoms with Gasteiger partial charge < -0.3 is 15.3 Å². The molecule has 2 aromatic carbocycles. The van der Waals surface area contributed by atoms with Crippen LogP contribution in [0.15, 0.2) is 36.4 Å². The van der Waals surface area contributed by atoms with E-state index < -0.39 is 0 Å². The maximum absolute atomic E-state index is 4.84. The van der Waals surface area contributed by atoms with Gasteiger partial charge in [0.15, 0.2) is 0 Å². The van der Waals surface area contributed by atoms with Gasteiger partial charge in [-0.05, 0) is 67.5 Å². The Hall–Kier alpha value is -3.36. The summed E-state index contributed by atoms with van der Waals surface area (Å²) in [4.78, 5) is 16.6. The lowest BCUT2D eigenvalue weighted by Crippen LogP contribution is -2.17. The normalized spacial score (nSPS) is 18.3. The van der Waals surface area contributed by atoms with E-state index in [4.69, 9.17) is 9.97 Å². The molecule has 34 heavy (non-hydrogen) atoms. The number of rotatable bonds is 6. The smallest absolute Gasteiger partial charge is 0.121 e. The van der Waals surface area contributed by atoms with Crippen molar-refractivity contribution in [3.63, 3.8) is 0 Å². The van der Waals surface area contributed by atoms with Crippen molar-refractivity contribution in [1.82, 2.24) is 25.3 Å². The number of fused-ring (bicyclic) bond motifs is 4. The molecule has 0 spiro atoms. The van der Waals surface area contributed by atoms with Crippen LogP contribution in [0.2, 0.25) is 0 Å². The molecule has 6 rings (SSSR count). The van der Waals surface area contributed by atoms with Crippen LogP contribution in [0.1, 0.15) is 67.1 Å². The van der Waals surface area contributed by atoms with Crippen LogP contribution in [0.3, 0.4) is 0 Å². The van der Waals surface area contributed by atoms with E-state index in [-0.39, 0.29) is 0 Å². The molecular weight excluding hydrogens is 418 g/mol. The summed E-state index contributed by atoms with van der Waals surface area (Å²) in [5.74, 6) is 9.62. The van der Waals surface area contributed by atoms with Gasteiger partial charge in [0, 0.05) is 29.2 Å². The minimum absolute atomic E-state index is 0.647. The van der Waals surface area contributed by atoms with E-state index in [1.54, 1.807) is 0 Å². The predicted molar refractivity (Wildman–Crippen MR) is 137 cm³/mol. The summed E-state index contributed by atoms with van der Waals surface area (Å²) >= 11 is 0. The molecule has 3 N–H and O–H groups in total. The second-order valence-corrected chi connectivity index (χ2v) is 9.85. The molecule has 0 saturated heterocycles. The number of unbranched alkanes of at least 4 members (excludes halogenated alkanes) is 1. The number of imidazole rings is 2. The van der Waals surface area contributed by atoms with Crippen molar-refractivity contribution in [2.24, 2.45) is 5.92 Å². The zero-order valence-corrected chi connectivity index (χ0v) is 20.0. The minimum atomic E-state index is 0.647. The Labute approximate surface area is 200 Å². The van der Waals surface area contributed by atoms with Crippen LogP contribution >= 0.6 is 0 Å². The Morgan fingerprint density at radius 3 is 2.65 bits per heavy atom. The maximum Gasteiger partial charge on any atom is 0.121 e. The van der Waals surface area contributed by atoms with Crippen LogP contribution in [0.4, 0.5) is 0 Å². The first-order valence-electron chi connectivity index (χ1n) is 12.6. The van der Waals surface area contributed by atoms with Crippen molar-refractivity contribution >= 4 is 11.0 Å². The molecule has 2 unspecified atom stereocenters. The third-order valence-corrected chi connectivity index (χ3v) is 7.12. The van der Waals surface area contributed by atoms with Crippen LogP contribution in [0, 0.1) is 17.8 Å². The average Bonchev–Trinajstić information content (AvgIpc) is 3.22. The first-order chi connectivity index (χ1) is 16.7. The number of nitrogens with zero attached hydrogens (tertiary/aromatic N) is 2. The number of aromatic nitrogens is 4. The van der Waals surface area contributed by atoms with Gasteiger partial charge in [0.05, 0.1) is 29.0 Å². The van der Waals surface area contributed by atoms with Gasteiger partial charge in [-0.25, -0.2) is 9.97 Å². The van der Waals surface area contributed by atoms with Gasteiger partial charge in [0.2, 0.25) is 0 Å². The van der Waals surface area contributed by atoms with Gasteiger partial charge in [0.25, 0.3) is 0 Å². The molecule has 2 atom stereocenters. The average molecular weight is 450 g/mol. The molecule has 5 heteroatoms. The summed E-state index contributed by atoms with van der Waals surface area (Å²) in [5, 5.41) is 3.56. The third kappa shape index (κ3) is 4.26. The lowest BCUT2D eigenvalue weighted by molar-refractivity contribution is 0.635. The Kier molecular flexibility index (Phi) is 5.47. The van der Waals surface area contributed by atoms with Crippen LogP contribution in [0.5, 0.6) is 0 Å². The highest BCUT2D eigenvalue weighted by molar-refractivity contribution is 5.77. The zero-order chi connectivity index (χ0) is 23.1. The van der Waals surface area contributed by atoms with Crippen LogP contribution < -0.4 is 5.32 Å². The fraction of sp³-hybridized carbons (Fsp3) is 0.379. The van der Waals surface area contributed by atoms with Gasteiger partial charge in [-0.2, -0.15) is 0 Å². The Balaban J connectivity index is 1.19. The van der Waals surface area contributed by atoms with Gasteiger partial charge in [-0.15, -0.1) is 0 Å². The molecule has 2 aliphatic carbocycles. The fourth-order valence-electron chi connectivity index (χ4n) is 4.91. The van der Waals surface area contributed by atoms with E-state index in [1.165, 1.54) is 41.8 Å². The molecular formula is C29H31N5. The van der Waals surface area contributed by atoms with Crippen LogP contribution in [-0.4, -0.2) is 26.0 Å². The summed E-state index contributed by atoms with van der Waals surface area (Å²) in [6, 6.07) is 13.4. The highest BCUT2D eigenvalue weighted by atomic mass is 15.0. The Morgan fingerprint density at radius 1 is 1.00 bits per heavy atom. The van der Waals surface area contributed by atoms with Crippen LogP contribution in [0.25, 0.3) is 22.3 Å². The van der Waals surface area contributed by atoms with Crippen molar-refractivity contribution in [2.45, 2.75) is 65.0 Å². The molecule has 2 heterocycles. The maximum atomic E-state index is 4.84. The number of hydrogen-bond acceptors (Lipinski definition) is 3. The van der Waals surface area contributed by atoms with Crippen molar-refractivity contribution < 1.29 is 0 Å². The van der Waals surface area contributed by atoms with E-state index in [0.29, 0.717) is 6.04 Å². The highest BCUT2D eigenvalue weighted by Crippen LogP contribution is 2.33. The molecule has 1 fully saturated rings. The molecule has 2 aromatic heterocycles. The first kappa shape index (κ1) is 21.2. The molecule has 0 aliphatic heterocycles. The summed E-state index contributed by atoms with van der Waals surface area (Å²) in [5.41, 5.74) is 9.15. The number of benzene rings is 2. The molecule has 2 aliphatic rings. The molecule has 0 amide bonds. The molecule has 5 nitrogen and oxygen atoms in total. The predicted octanol–water partition coefficient (Wildman–Crippen LogP) is 5.29. The molecule has 4 aromatic rings. The largest absolute Gasteiger partial charge is 0.342 e. The van der Waals surface area contributed by atoms with E-state index in [0.717, 1.165) is 65.5 Å². The van der Waals surface area contributed by atoms with E-state index in [9.17, 15) is 0 Å². The second-order valence-electron chi connectivity index (χ2n) is 9.85. The number of hydrogen-bond donors (Lipinski definition) is 3. The van der Waals surface area contributed by atoms with Gasteiger partial charge in [-0.3, -0.25) is 0 Å². The second kappa shape index (κ2) is 8.77. The molecule has 0 radical (unpaired) electrons. The first-order valence-corrected chi connectivity index (χ1v) is 12.6. The SMILES string of the molecule is CCCCc1nc2c([nH]1)-c1ccc(C#Cc3ccc4nc(CNC5CC5C)[nH]c4c3)cc1CC2. The Bertz CT molecular complexity index is 1410. The van der Waals surface area contributed by atoms with Crippen LogP contribution in [-0.2, 0) is 25.8 Å². The summed E-state index contributed by atoms with van der Waals surface area (Å²) in [6.07, 6.45) is 6.68. The monoisotopic (exact) mass is 449 g/mol. The van der Waals surface area contributed by atoms with E-state index >= 15 is 0 Å². The Morgan fingerprint density at radius 2 is 1.82 bits per heavy atom. The van der Waals surface area contributed by atoms with E-state index in [2.05, 4.69) is 77.4 Å². The minimum Gasteiger partial charge on any atom is -0.342 e. The summed E-state index contributed by atoms with van der Waals surface area (Å²) < 4.78 is 0. The topological polar surface area (TPSA) is 69.4 Å². The van der Waals surface area contributed by atoms with Crippen molar-refractivity contribution in [3.05, 3.63) is 70.4 Å². The van der Waals surface area contributed by atoms with Gasteiger partial charge >= 0.3 is 0 Å². The molecule has 172 valence electrons. The fourth-order valence-corrected chi connectivity index (χ4v) is 4.91.